The Kier molecular flexibility index (Phi) is 5.43. The molecular formula is C16H19BrN2. The monoisotopic (exact) mass is 318 g/mol. The number of rotatable bonds is 6. The molecule has 0 unspecified atom stereocenters. The second-order valence-corrected chi connectivity index (χ2v) is 5.57. The Labute approximate surface area is 123 Å². The zero-order valence-corrected chi connectivity index (χ0v) is 12.7. The van der Waals surface area contributed by atoms with E-state index in [1.165, 1.54) is 11.3 Å². The highest BCUT2D eigenvalue weighted by atomic mass is 79.9. The lowest BCUT2D eigenvalue weighted by Crippen LogP contribution is -2.24. The van der Waals surface area contributed by atoms with Crippen molar-refractivity contribution in [3.05, 3.63) is 64.6 Å². The normalized spacial score (nSPS) is 10.7. The number of anilines is 1. The lowest BCUT2D eigenvalue weighted by Gasteiger charge is -2.17. The molecule has 0 aliphatic rings. The molecule has 0 fully saturated rings. The molecule has 0 aliphatic heterocycles. The molecule has 0 heterocycles. The van der Waals surface area contributed by atoms with Gasteiger partial charge >= 0.3 is 0 Å². The van der Waals surface area contributed by atoms with Gasteiger partial charge in [-0.05, 0) is 36.9 Å². The van der Waals surface area contributed by atoms with Gasteiger partial charge in [-0.25, -0.2) is 0 Å². The molecule has 3 heteroatoms. The van der Waals surface area contributed by atoms with E-state index in [0.717, 1.165) is 24.1 Å². The van der Waals surface area contributed by atoms with E-state index in [1.54, 1.807) is 0 Å². The summed E-state index contributed by atoms with van der Waals surface area (Å²) < 4.78 is 1.13. The first-order valence-corrected chi connectivity index (χ1v) is 7.25. The van der Waals surface area contributed by atoms with Gasteiger partial charge in [0.15, 0.2) is 0 Å². The van der Waals surface area contributed by atoms with Gasteiger partial charge in [-0.15, -0.1) is 0 Å². The second kappa shape index (κ2) is 7.31. The molecule has 0 saturated carbocycles. The van der Waals surface area contributed by atoms with Gasteiger partial charge in [-0.2, -0.15) is 0 Å². The predicted octanol–water partition coefficient (Wildman–Crippen LogP) is 3.99. The van der Waals surface area contributed by atoms with E-state index in [2.05, 4.69) is 69.6 Å². The number of likely N-dealkylation sites (N-methyl/N-ethyl adjacent to an activating group) is 1. The smallest absolute Gasteiger partial charge is 0.0340 e. The van der Waals surface area contributed by atoms with Crippen LogP contribution in [0.4, 0.5) is 5.69 Å². The first-order chi connectivity index (χ1) is 9.24. The predicted molar refractivity (Wildman–Crippen MR) is 85.4 cm³/mol. The number of halogens is 1. The summed E-state index contributed by atoms with van der Waals surface area (Å²) in [6.45, 7) is 2.95. The summed E-state index contributed by atoms with van der Waals surface area (Å²) in [6, 6.07) is 18.8. The van der Waals surface area contributed by atoms with Crippen LogP contribution in [0, 0.1) is 0 Å². The highest BCUT2D eigenvalue weighted by Gasteiger charge is 2.00. The van der Waals surface area contributed by atoms with Crippen molar-refractivity contribution in [1.29, 1.82) is 0 Å². The molecule has 1 N–H and O–H groups in total. The molecule has 0 aromatic heterocycles. The van der Waals surface area contributed by atoms with Crippen LogP contribution in [0.2, 0.25) is 0 Å². The summed E-state index contributed by atoms with van der Waals surface area (Å²) >= 11 is 3.46. The SMILES string of the molecule is CN(CCNc1ccccc1)Cc1ccc(Br)cc1. The van der Waals surface area contributed by atoms with Crippen molar-refractivity contribution >= 4 is 21.6 Å². The van der Waals surface area contributed by atoms with Crippen LogP contribution in [0.5, 0.6) is 0 Å². The average molecular weight is 319 g/mol. The molecule has 0 radical (unpaired) electrons. The molecule has 0 spiro atoms. The minimum Gasteiger partial charge on any atom is -0.384 e. The molecule has 0 saturated heterocycles. The molecule has 2 rings (SSSR count). The zero-order chi connectivity index (χ0) is 13.5. The lowest BCUT2D eigenvalue weighted by molar-refractivity contribution is 0.340. The number of benzene rings is 2. The van der Waals surface area contributed by atoms with Gasteiger partial charge in [0.1, 0.15) is 0 Å². The van der Waals surface area contributed by atoms with Crippen molar-refractivity contribution in [2.75, 3.05) is 25.5 Å². The van der Waals surface area contributed by atoms with Crippen molar-refractivity contribution in [2.24, 2.45) is 0 Å². The third kappa shape index (κ3) is 5.05. The fraction of sp³-hybridized carbons (Fsp3) is 0.250. The fourth-order valence-electron chi connectivity index (χ4n) is 1.93. The van der Waals surface area contributed by atoms with Gasteiger partial charge in [0.2, 0.25) is 0 Å². The van der Waals surface area contributed by atoms with Crippen molar-refractivity contribution in [3.63, 3.8) is 0 Å². The summed E-state index contributed by atoms with van der Waals surface area (Å²) in [5.74, 6) is 0. The number of hydrogen-bond acceptors (Lipinski definition) is 2. The third-order valence-corrected chi connectivity index (χ3v) is 3.49. The van der Waals surface area contributed by atoms with Crippen molar-refractivity contribution in [1.82, 2.24) is 4.90 Å². The maximum absolute atomic E-state index is 3.46. The van der Waals surface area contributed by atoms with Crippen LogP contribution >= 0.6 is 15.9 Å². The van der Waals surface area contributed by atoms with Crippen LogP contribution in [0.3, 0.4) is 0 Å². The molecule has 2 nitrogen and oxygen atoms in total. The van der Waals surface area contributed by atoms with E-state index >= 15 is 0 Å². The highest BCUT2D eigenvalue weighted by molar-refractivity contribution is 9.10. The topological polar surface area (TPSA) is 15.3 Å². The van der Waals surface area contributed by atoms with Gasteiger partial charge in [-0.1, -0.05) is 46.3 Å². The van der Waals surface area contributed by atoms with E-state index < -0.39 is 0 Å². The molecule has 0 amide bonds. The van der Waals surface area contributed by atoms with Gasteiger partial charge in [0.25, 0.3) is 0 Å². The fourth-order valence-corrected chi connectivity index (χ4v) is 2.19. The molecule has 0 aliphatic carbocycles. The molecule has 0 atom stereocenters. The van der Waals surface area contributed by atoms with Crippen LogP contribution in [0.1, 0.15) is 5.56 Å². The number of para-hydroxylation sites is 1. The van der Waals surface area contributed by atoms with Crippen molar-refractivity contribution in [3.8, 4) is 0 Å². The Morgan fingerprint density at radius 1 is 1.00 bits per heavy atom. The first-order valence-electron chi connectivity index (χ1n) is 6.46. The van der Waals surface area contributed by atoms with Crippen molar-refractivity contribution in [2.45, 2.75) is 6.54 Å². The number of nitrogens with one attached hydrogen (secondary N) is 1. The molecule has 100 valence electrons. The van der Waals surface area contributed by atoms with Gasteiger partial charge in [-0.3, -0.25) is 0 Å². The zero-order valence-electron chi connectivity index (χ0n) is 11.1. The Hall–Kier alpha value is -1.32. The van der Waals surface area contributed by atoms with Gasteiger partial charge in [0, 0.05) is 29.8 Å². The quantitative estimate of drug-likeness (QED) is 0.866. The molecule has 2 aromatic carbocycles. The Morgan fingerprint density at radius 3 is 2.37 bits per heavy atom. The van der Waals surface area contributed by atoms with Crippen LogP contribution in [-0.4, -0.2) is 25.0 Å². The van der Waals surface area contributed by atoms with Crippen molar-refractivity contribution < 1.29 is 0 Å². The standard InChI is InChI=1S/C16H19BrN2/c1-19(13-14-7-9-15(17)10-8-14)12-11-18-16-5-3-2-4-6-16/h2-10,18H,11-13H2,1H3. The van der Waals surface area contributed by atoms with Crippen LogP contribution < -0.4 is 5.32 Å². The molecule has 2 aromatic rings. The van der Waals surface area contributed by atoms with E-state index in [-0.39, 0.29) is 0 Å². The summed E-state index contributed by atoms with van der Waals surface area (Å²) in [6.07, 6.45) is 0. The van der Waals surface area contributed by atoms with Crippen LogP contribution in [0.25, 0.3) is 0 Å². The number of nitrogens with zero attached hydrogens (tertiary/aromatic N) is 1. The summed E-state index contributed by atoms with van der Waals surface area (Å²) in [5.41, 5.74) is 2.52. The van der Waals surface area contributed by atoms with E-state index in [1.807, 2.05) is 18.2 Å². The lowest BCUT2D eigenvalue weighted by atomic mass is 10.2. The number of hydrogen-bond donors (Lipinski definition) is 1. The Bertz CT molecular complexity index is 482. The minimum atomic E-state index is 0.955. The summed E-state index contributed by atoms with van der Waals surface area (Å²) in [5, 5.41) is 3.42. The molecule has 0 bridgehead atoms. The second-order valence-electron chi connectivity index (χ2n) is 4.66. The molecule has 19 heavy (non-hydrogen) atoms. The third-order valence-electron chi connectivity index (χ3n) is 2.96. The van der Waals surface area contributed by atoms with E-state index in [9.17, 15) is 0 Å². The first kappa shape index (κ1) is 14.1. The summed E-state index contributed by atoms with van der Waals surface area (Å²) in [7, 11) is 2.15. The average Bonchev–Trinajstić information content (AvgIpc) is 2.43. The van der Waals surface area contributed by atoms with Gasteiger partial charge < -0.3 is 10.2 Å². The van der Waals surface area contributed by atoms with E-state index in [4.69, 9.17) is 0 Å². The van der Waals surface area contributed by atoms with E-state index in [0.29, 0.717) is 0 Å². The van der Waals surface area contributed by atoms with Crippen LogP contribution in [-0.2, 0) is 6.54 Å². The maximum atomic E-state index is 3.46. The van der Waals surface area contributed by atoms with Gasteiger partial charge in [0.05, 0.1) is 0 Å². The highest BCUT2D eigenvalue weighted by Crippen LogP contribution is 2.11. The van der Waals surface area contributed by atoms with Crippen LogP contribution in [0.15, 0.2) is 59.1 Å². The Morgan fingerprint density at radius 2 is 1.68 bits per heavy atom. The Balaban J connectivity index is 1.73. The molecular weight excluding hydrogens is 300 g/mol. The largest absolute Gasteiger partial charge is 0.384 e. The maximum Gasteiger partial charge on any atom is 0.0340 e. The minimum absolute atomic E-state index is 0.955. The summed E-state index contributed by atoms with van der Waals surface area (Å²) in [4.78, 5) is 2.32.